The third-order valence-electron chi connectivity index (χ3n) is 3.51. The fourth-order valence-electron chi connectivity index (χ4n) is 2.25. The van der Waals surface area contributed by atoms with Gasteiger partial charge in [0.15, 0.2) is 12.4 Å². The smallest absolute Gasteiger partial charge is 0.258 e. The average Bonchev–Trinajstić information content (AvgIpc) is 3.14. The zero-order valence-electron chi connectivity index (χ0n) is 13.8. The van der Waals surface area contributed by atoms with Gasteiger partial charge in [-0.15, -0.1) is 10.2 Å². The standard InChI is InChI=1S/C18H18N4O3/c1-24-15-8-5-9-16(10-15)25-12-18(23)19-11-17-21-20-13-22(17)14-6-3-2-4-7-14/h2-10,13H,11-12H2,1H3,(H,19,23). The van der Waals surface area contributed by atoms with E-state index < -0.39 is 0 Å². The van der Waals surface area contributed by atoms with Gasteiger partial charge in [0.1, 0.15) is 17.8 Å². The van der Waals surface area contributed by atoms with Crippen molar-refractivity contribution in [1.29, 1.82) is 0 Å². The van der Waals surface area contributed by atoms with Crippen LogP contribution in [0.2, 0.25) is 0 Å². The number of benzene rings is 2. The summed E-state index contributed by atoms with van der Waals surface area (Å²) in [5.41, 5.74) is 0.935. The Morgan fingerprint density at radius 3 is 2.72 bits per heavy atom. The van der Waals surface area contributed by atoms with Crippen LogP contribution in [0.15, 0.2) is 60.9 Å². The molecule has 0 saturated heterocycles. The lowest BCUT2D eigenvalue weighted by molar-refractivity contribution is -0.123. The van der Waals surface area contributed by atoms with E-state index in [0.717, 1.165) is 5.69 Å². The lowest BCUT2D eigenvalue weighted by Gasteiger charge is -2.09. The first-order valence-corrected chi connectivity index (χ1v) is 7.74. The van der Waals surface area contributed by atoms with E-state index in [1.54, 1.807) is 31.6 Å². The minimum Gasteiger partial charge on any atom is -0.497 e. The zero-order chi connectivity index (χ0) is 17.5. The van der Waals surface area contributed by atoms with Crippen LogP contribution in [-0.2, 0) is 11.3 Å². The zero-order valence-corrected chi connectivity index (χ0v) is 13.8. The quantitative estimate of drug-likeness (QED) is 0.713. The van der Waals surface area contributed by atoms with E-state index in [1.807, 2.05) is 41.0 Å². The molecule has 0 spiro atoms. The van der Waals surface area contributed by atoms with Gasteiger partial charge in [-0.25, -0.2) is 0 Å². The third kappa shape index (κ3) is 4.35. The average molecular weight is 338 g/mol. The molecule has 1 heterocycles. The molecular formula is C18H18N4O3. The second kappa shape index (κ2) is 7.96. The molecule has 1 amide bonds. The van der Waals surface area contributed by atoms with Gasteiger partial charge >= 0.3 is 0 Å². The normalized spacial score (nSPS) is 10.3. The lowest BCUT2D eigenvalue weighted by atomic mass is 10.3. The Morgan fingerprint density at radius 1 is 1.12 bits per heavy atom. The van der Waals surface area contributed by atoms with Gasteiger partial charge in [-0.05, 0) is 24.3 Å². The van der Waals surface area contributed by atoms with Crippen molar-refractivity contribution in [2.24, 2.45) is 0 Å². The number of hydrogen-bond donors (Lipinski definition) is 1. The van der Waals surface area contributed by atoms with Crippen molar-refractivity contribution >= 4 is 5.91 Å². The molecule has 3 aromatic rings. The van der Waals surface area contributed by atoms with Crippen molar-refractivity contribution in [3.63, 3.8) is 0 Å². The number of ether oxygens (including phenoxy) is 2. The van der Waals surface area contributed by atoms with E-state index >= 15 is 0 Å². The molecule has 0 unspecified atom stereocenters. The highest BCUT2D eigenvalue weighted by Gasteiger charge is 2.09. The molecule has 128 valence electrons. The number of nitrogens with zero attached hydrogens (tertiary/aromatic N) is 3. The van der Waals surface area contributed by atoms with Crippen LogP contribution < -0.4 is 14.8 Å². The van der Waals surface area contributed by atoms with Gasteiger partial charge in [0.05, 0.1) is 13.7 Å². The van der Waals surface area contributed by atoms with E-state index in [2.05, 4.69) is 15.5 Å². The summed E-state index contributed by atoms with van der Waals surface area (Å²) < 4.78 is 12.4. The first-order valence-electron chi connectivity index (χ1n) is 7.74. The molecule has 25 heavy (non-hydrogen) atoms. The molecular weight excluding hydrogens is 320 g/mol. The second-order valence-corrected chi connectivity index (χ2v) is 5.20. The van der Waals surface area contributed by atoms with Crippen molar-refractivity contribution in [1.82, 2.24) is 20.1 Å². The molecule has 2 aromatic carbocycles. The fourth-order valence-corrected chi connectivity index (χ4v) is 2.25. The number of nitrogens with one attached hydrogen (secondary N) is 1. The van der Waals surface area contributed by atoms with Crippen LogP contribution in [0.4, 0.5) is 0 Å². The summed E-state index contributed by atoms with van der Waals surface area (Å²) in [4.78, 5) is 12.0. The maximum absolute atomic E-state index is 12.0. The maximum Gasteiger partial charge on any atom is 0.258 e. The summed E-state index contributed by atoms with van der Waals surface area (Å²) in [5, 5.41) is 10.7. The van der Waals surface area contributed by atoms with E-state index in [0.29, 0.717) is 17.3 Å². The summed E-state index contributed by atoms with van der Waals surface area (Å²) in [6, 6.07) is 16.8. The Labute approximate surface area is 145 Å². The summed E-state index contributed by atoms with van der Waals surface area (Å²) in [6.45, 7) is 0.168. The number of para-hydroxylation sites is 1. The van der Waals surface area contributed by atoms with Crippen molar-refractivity contribution in [3.05, 3.63) is 66.7 Å². The number of methoxy groups -OCH3 is 1. The summed E-state index contributed by atoms with van der Waals surface area (Å²) >= 11 is 0. The van der Waals surface area contributed by atoms with Crippen LogP contribution in [0.5, 0.6) is 11.5 Å². The van der Waals surface area contributed by atoms with Gasteiger partial charge in [0.2, 0.25) is 0 Å². The van der Waals surface area contributed by atoms with Crippen molar-refractivity contribution in [2.45, 2.75) is 6.54 Å². The minimum absolute atomic E-state index is 0.0906. The largest absolute Gasteiger partial charge is 0.497 e. The molecule has 0 aliphatic rings. The minimum atomic E-state index is -0.245. The van der Waals surface area contributed by atoms with Crippen LogP contribution in [0.3, 0.4) is 0 Å². The van der Waals surface area contributed by atoms with Crippen molar-refractivity contribution in [2.75, 3.05) is 13.7 Å². The molecule has 1 N–H and O–H groups in total. The molecule has 0 fully saturated rings. The number of hydrogen-bond acceptors (Lipinski definition) is 5. The maximum atomic E-state index is 12.0. The lowest BCUT2D eigenvalue weighted by Crippen LogP contribution is -2.29. The second-order valence-electron chi connectivity index (χ2n) is 5.20. The predicted molar refractivity (Wildman–Crippen MR) is 91.7 cm³/mol. The number of carbonyl (C=O) groups excluding carboxylic acids is 1. The topological polar surface area (TPSA) is 78.3 Å². The van der Waals surface area contributed by atoms with Gasteiger partial charge in [-0.3, -0.25) is 9.36 Å². The van der Waals surface area contributed by atoms with Crippen LogP contribution in [0.1, 0.15) is 5.82 Å². The first-order chi connectivity index (χ1) is 12.3. The molecule has 0 aliphatic carbocycles. The molecule has 0 bridgehead atoms. The highest BCUT2D eigenvalue weighted by atomic mass is 16.5. The molecule has 0 saturated carbocycles. The van der Waals surface area contributed by atoms with Gasteiger partial charge in [0, 0.05) is 11.8 Å². The van der Waals surface area contributed by atoms with Crippen LogP contribution in [0, 0.1) is 0 Å². The first kappa shape index (κ1) is 16.5. The SMILES string of the molecule is COc1cccc(OCC(=O)NCc2nncn2-c2ccccc2)c1. The Morgan fingerprint density at radius 2 is 1.92 bits per heavy atom. The Hall–Kier alpha value is -3.35. The van der Waals surface area contributed by atoms with Gasteiger partial charge < -0.3 is 14.8 Å². The van der Waals surface area contributed by atoms with Crippen molar-refractivity contribution in [3.8, 4) is 17.2 Å². The van der Waals surface area contributed by atoms with Crippen LogP contribution >= 0.6 is 0 Å². The number of amides is 1. The van der Waals surface area contributed by atoms with E-state index in [-0.39, 0.29) is 19.1 Å². The van der Waals surface area contributed by atoms with Gasteiger partial charge in [-0.1, -0.05) is 24.3 Å². The molecule has 3 rings (SSSR count). The van der Waals surface area contributed by atoms with E-state index in [9.17, 15) is 4.79 Å². The molecule has 7 heteroatoms. The summed E-state index contributed by atoms with van der Waals surface area (Å²) in [5.74, 6) is 1.64. The van der Waals surface area contributed by atoms with Crippen molar-refractivity contribution < 1.29 is 14.3 Å². The van der Waals surface area contributed by atoms with Gasteiger partial charge in [-0.2, -0.15) is 0 Å². The number of rotatable bonds is 7. The third-order valence-corrected chi connectivity index (χ3v) is 3.51. The molecule has 0 atom stereocenters. The predicted octanol–water partition coefficient (Wildman–Crippen LogP) is 1.97. The molecule has 1 aromatic heterocycles. The molecule has 0 aliphatic heterocycles. The number of carbonyl (C=O) groups is 1. The van der Waals surface area contributed by atoms with E-state index in [1.165, 1.54) is 0 Å². The highest BCUT2D eigenvalue weighted by molar-refractivity contribution is 5.77. The molecule has 7 nitrogen and oxygen atoms in total. The summed E-state index contributed by atoms with van der Waals surface area (Å²) in [6.07, 6.45) is 1.61. The highest BCUT2D eigenvalue weighted by Crippen LogP contribution is 2.18. The Kier molecular flexibility index (Phi) is 5.26. The Bertz CT molecular complexity index is 833. The van der Waals surface area contributed by atoms with Crippen LogP contribution in [0.25, 0.3) is 5.69 Å². The summed E-state index contributed by atoms with van der Waals surface area (Å²) in [7, 11) is 1.58. The van der Waals surface area contributed by atoms with Gasteiger partial charge in [0.25, 0.3) is 5.91 Å². The van der Waals surface area contributed by atoms with E-state index in [4.69, 9.17) is 9.47 Å². The monoisotopic (exact) mass is 338 g/mol. The van der Waals surface area contributed by atoms with Crippen LogP contribution in [-0.4, -0.2) is 34.4 Å². The number of aromatic nitrogens is 3. The Balaban J connectivity index is 1.54. The molecule has 0 radical (unpaired) electrons. The fraction of sp³-hybridized carbons (Fsp3) is 0.167.